The van der Waals surface area contributed by atoms with Crippen LogP contribution < -0.4 is 16.0 Å². The quantitative estimate of drug-likeness (QED) is 0.755. The smallest absolute Gasteiger partial charge is 0.227 e. The Morgan fingerprint density at radius 1 is 1.39 bits per heavy atom. The van der Waals surface area contributed by atoms with Gasteiger partial charge >= 0.3 is 0 Å². The van der Waals surface area contributed by atoms with Crippen molar-refractivity contribution in [3.63, 3.8) is 0 Å². The molecule has 8 heteroatoms. The third-order valence-electron chi connectivity index (χ3n) is 4.20. The van der Waals surface area contributed by atoms with Gasteiger partial charge < -0.3 is 20.7 Å². The van der Waals surface area contributed by atoms with E-state index in [2.05, 4.69) is 36.4 Å². The molecular formula is C15H21N7O. The lowest BCUT2D eigenvalue weighted by Crippen LogP contribution is -2.46. The van der Waals surface area contributed by atoms with Crippen LogP contribution in [-0.2, 0) is 4.74 Å². The van der Waals surface area contributed by atoms with Crippen LogP contribution in [0.5, 0.6) is 0 Å². The van der Waals surface area contributed by atoms with Gasteiger partial charge in [0.25, 0.3) is 0 Å². The summed E-state index contributed by atoms with van der Waals surface area (Å²) in [5.41, 5.74) is 6.89. The Labute approximate surface area is 134 Å². The second-order valence-corrected chi connectivity index (χ2v) is 6.02. The lowest BCUT2D eigenvalue weighted by Gasteiger charge is -2.32. The molecule has 1 saturated carbocycles. The Kier molecular flexibility index (Phi) is 3.84. The molecule has 0 unspecified atom stereocenters. The zero-order chi connectivity index (χ0) is 15.6. The number of nitrogens with one attached hydrogen (secondary N) is 2. The average molecular weight is 315 g/mol. The van der Waals surface area contributed by atoms with Gasteiger partial charge in [-0.25, -0.2) is 4.98 Å². The maximum atomic E-state index is 5.69. The number of nitrogens with zero attached hydrogens (tertiary/aromatic N) is 4. The molecule has 3 heterocycles. The van der Waals surface area contributed by atoms with Gasteiger partial charge in [-0.2, -0.15) is 10.1 Å². The molecule has 2 aromatic rings. The SMILES string of the molecule is NC[C@@H]1CN(c2nccc(Nc3cc(C4CC4)[nH]n3)n2)CCO1. The van der Waals surface area contributed by atoms with Gasteiger partial charge in [-0.15, -0.1) is 0 Å². The van der Waals surface area contributed by atoms with Gasteiger partial charge in [0.05, 0.1) is 12.7 Å². The second kappa shape index (κ2) is 6.13. The Morgan fingerprint density at radius 2 is 2.30 bits per heavy atom. The van der Waals surface area contributed by atoms with Gasteiger partial charge in [0.1, 0.15) is 5.82 Å². The minimum absolute atomic E-state index is 0.0383. The van der Waals surface area contributed by atoms with E-state index in [0.717, 1.165) is 18.2 Å². The summed E-state index contributed by atoms with van der Waals surface area (Å²) in [6, 6.07) is 3.90. The van der Waals surface area contributed by atoms with Gasteiger partial charge in [-0.05, 0) is 18.9 Å². The minimum Gasteiger partial charge on any atom is -0.373 e. The summed E-state index contributed by atoms with van der Waals surface area (Å²) in [7, 11) is 0. The van der Waals surface area contributed by atoms with Crippen molar-refractivity contribution in [3.05, 3.63) is 24.0 Å². The summed E-state index contributed by atoms with van der Waals surface area (Å²) in [5.74, 6) is 2.87. The summed E-state index contributed by atoms with van der Waals surface area (Å²) in [6.45, 7) is 2.64. The first-order valence-corrected chi connectivity index (χ1v) is 8.04. The van der Waals surface area contributed by atoms with Crippen molar-refractivity contribution >= 4 is 17.6 Å². The maximum Gasteiger partial charge on any atom is 0.227 e. The van der Waals surface area contributed by atoms with Crippen LogP contribution in [0.25, 0.3) is 0 Å². The fourth-order valence-electron chi connectivity index (χ4n) is 2.75. The predicted molar refractivity (Wildman–Crippen MR) is 86.9 cm³/mol. The number of nitrogens with two attached hydrogens (primary N) is 1. The van der Waals surface area contributed by atoms with Crippen LogP contribution >= 0.6 is 0 Å². The highest BCUT2D eigenvalue weighted by molar-refractivity contribution is 5.53. The van der Waals surface area contributed by atoms with Crippen LogP contribution in [0.15, 0.2) is 18.3 Å². The fourth-order valence-corrected chi connectivity index (χ4v) is 2.75. The lowest BCUT2D eigenvalue weighted by molar-refractivity contribution is 0.0460. The van der Waals surface area contributed by atoms with Gasteiger partial charge in [0, 0.05) is 43.5 Å². The molecule has 1 aliphatic heterocycles. The molecule has 2 fully saturated rings. The standard InChI is InChI=1S/C15H21N7O/c16-8-11-9-22(5-6-23-11)15-17-4-3-13(19-15)18-14-7-12(20-21-14)10-1-2-10/h3-4,7,10-11H,1-2,5-6,8-9,16H2,(H2,17,18,19,20,21)/t11-/m1/s1. The van der Waals surface area contributed by atoms with Crippen LogP contribution in [0, 0.1) is 0 Å². The molecule has 0 spiro atoms. The van der Waals surface area contributed by atoms with Crippen molar-refractivity contribution in [2.45, 2.75) is 24.9 Å². The average Bonchev–Trinajstić information content (AvgIpc) is 3.35. The number of anilines is 3. The monoisotopic (exact) mass is 315 g/mol. The number of hydrogen-bond donors (Lipinski definition) is 3. The van der Waals surface area contributed by atoms with E-state index in [0.29, 0.717) is 31.6 Å². The molecule has 2 aliphatic rings. The van der Waals surface area contributed by atoms with E-state index >= 15 is 0 Å². The Bertz CT molecular complexity index is 669. The predicted octanol–water partition coefficient (Wildman–Crippen LogP) is 0.985. The molecule has 0 radical (unpaired) electrons. The number of aromatic amines is 1. The molecule has 1 atom stereocenters. The molecule has 4 rings (SSSR count). The van der Waals surface area contributed by atoms with Crippen molar-refractivity contribution in [1.29, 1.82) is 0 Å². The van der Waals surface area contributed by atoms with Crippen molar-refractivity contribution in [1.82, 2.24) is 20.2 Å². The summed E-state index contributed by atoms with van der Waals surface area (Å²) >= 11 is 0. The molecule has 23 heavy (non-hydrogen) atoms. The molecule has 122 valence electrons. The highest BCUT2D eigenvalue weighted by Gasteiger charge is 2.25. The largest absolute Gasteiger partial charge is 0.373 e. The highest BCUT2D eigenvalue weighted by atomic mass is 16.5. The van der Waals surface area contributed by atoms with Gasteiger partial charge in [-0.1, -0.05) is 0 Å². The molecule has 4 N–H and O–H groups in total. The zero-order valence-corrected chi connectivity index (χ0v) is 12.9. The maximum absolute atomic E-state index is 5.69. The summed E-state index contributed by atoms with van der Waals surface area (Å²) in [4.78, 5) is 11.1. The number of hydrogen-bond acceptors (Lipinski definition) is 7. The van der Waals surface area contributed by atoms with Gasteiger partial charge in [-0.3, -0.25) is 5.10 Å². The molecule has 1 aliphatic carbocycles. The second-order valence-electron chi connectivity index (χ2n) is 6.02. The molecule has 8 nitrogen and oxygen atoms in total. The fraction of sp³-hybridized carbons (Fsp3) is 0.533. The van der Waals surface area contributed by atoms with Crippen molar-refractivity contribution in [2.75, 3.05) is 36.5 Å². The van der Waals surface area contributed by atoms with Crippen LogP contribution in [0.1, 0.15) is 24.5 Å². The Hall–Kier alpha value is -2.19. The first kappa shape index (κ1) is 14.4. The number of ether oxygens (including phenoxy) is 1. The van der Waals surface area contributed by atoms with Crippen molar-refractivity contribution in [2.24, 2.45) is 5.73 Å². The molecule has 0 bridgehead atoms. The number of H-pyrrole nitrogens is 1. The van der Waals surface area contributed by atoms with E-state index in [1.54, 1.807) is 6.20 Å². The van der Waals surface area contributed by atoms with E-state index in [4.69, 9.17) is 10.5 Å². The minimum atomic E-state index is 0.0383. The Morgan fingerprint density at radius 3 is 3.13 bits per heavy atom. The molecule has 0 aromatic carbocycles. The molecular weight excluding hydrogens is 294 g/mol. The third kappa shape index (κ3) is 3.27. The normalized spacial score (nSPS) is 21.4. The van der Waals surface area contributed by atoms with Crippen LogP contribution in [0.3, 0.4) is 0 Å². The zero-order valence-electron chi connectivity index (χ0n) is 12.9. The van der Waals surface area contributed by atoms with E-state index in [9.17, 15) is 0 Å². The van der Waals surface area contributed by atoms with Crippen LogP contribution in [0.4, 0.5) is 17.6 Å². The third-order valence-corrected chi connectivity index (χ3v) is 4.20. The van der Waals surface area contributed by atoms with Crippen molar-refractivity contribution < 1.29 is 4.74 Å². The first-order valence-electron chi connectivity index (χ1n) is 8.04. The number of aromatic nitrogens is 4. The van der Waals surface area contributed by atoms with E-state index < -0.39 is 0 Å². The summed E-state index contributed by atoms with van der Waals surface area (Å²) in [6.07, 6.45) is 4.29. The van der Waals surface area contributed by atoms with Crippen molar-refractivity contribution in [3.8, 4) is 0 Å². The first-order chi connectivity index (χ1) is 11.3. The Balaban J connectivity index is 1.46. The van der Waals surface area contributed by atoms with Gasteiger partial charge in [0.15, 0.2) is 5.82 Å². The summed E-state index contributed by atoms with van der Waals surface area (Å²) < 4.78 is 5.58. The number of rotatable bonds is 5. The van der Waals surface area contributed by atoms with E-state index in [-0.39, 0.29) is 6.10 Å². The highest BCUT2D eigenvalue weighted by Crippen LogP contribution is 2.39. The van der Waals surface area contributed by atoms with E-state index in [1.165, 1.54) is 18.5 Å². The number of morpholine rings is 1. The molecule has 1 saturated heterocycles. The van der Waals surface area contributed by atoms with Crippen LogP contribution in [0.2, 0.25) is 0 Å². The molecule has 0 amide bonds. The van der Waals surface area contributed by atoms with E-state index in [1.807, 2.05) is 6.07 Å². The molecule has 2 aromatic heterocycles. The summed E-state index contributed by atoms with van der Waals surface area (Å²) in [5, 5.41) is 10.6. The van der Waals surface area contributed by atoms with Gasteiger partial charge in [0.2, 0.25) is 5.95 Å². The lowest BCUT2D eigenvalue weighted by atomic mass is 10.3. The van der Waals surface area contributed by atoms with Crippen LogP contribution in [-0.4, -0.2) is 52.5 Å². The topological polar surface area (TPSA) is 105 Å².